The van der Waals surface area contributed by atoms with Crippen LogP contribution in [0.3, 0.4) is 0 Å². The zero-order chi connectivity index (χ0) is 23.3. The van der Waals surface area contributed by atoms with E-state index in [4.69, 9.17) is 4.74 Å². The molecule has 0 unspecified atom stereocenters. The maximum Gasteiger partial charge on any atom is 0.279 e. The molecule has 7 nitrogen and oxygen atoms in total. The van der Waals surface area contributed by atoms with E-state index in [1.54, 1.807) is 7.05 Å². The van der Waals surface area contributed by atoms with Crippen molar-refractivity contribution in [3.63, 3.8) is 0 Å². The number of fused-ring (bicyclic) bond motifs is 1. The summed E-state index contributed by atoms with van der Waals surface area (Å²) in [5, 5.41) is 0. The number of aromatic nitrogens is 1. The van der Waals surface area contributed by atoms with Crippen molar-refractivity contribution in [2.24, 2.45) is 4.99 Å². The fourth-order valence-corrected chi connectivity index (χ4v) is 5.67. The predicted octanol–water partition coefficient (Wildman–Crippen LogP) is 4.28. The van der Waals surface area contributed by atoms with Crippen LogP contribution in [0.15, 0.2) is 52.4 Å². The molecule has 3 rings (SSSR count). The molecule has 0 fully saturated rings. The predicted molar refractivity (Wildman–Crippen MR) is 128 cm³/mol. The van der Waals surface area contributed by atoms with Gasteiger partial charge in [0, 0.05) is 25.7 Å². The van der Waals surface area contributed by atoms with Crippen molar-refractivity contribution in [2.45, 2.75) is 45.1 Å². The number of hydrogen-bond acceptors (Lipinski definition) is 5. The molecule has 172 valence electrons. The minimum atomic E-state index is -3.58. The first kappa shape index (κ1) is 24.2. The van der Waals surface area contributed by atoms with Crippen LogP contribution < -0.4 is 9.54 Å². The molecule has 9 heteroatoms. The van der Waals surface area contributed by atoms with Crippen LogP contribution in [0.25, 0.3) is 10.2 Å². The van der Waals surface area contributed by atoms with Gasteiger partial charge in [-0.15, -0.1) is 0 Å². The normalized spacial score (nSPS) is 12.6. The Labute approximate surface area is 193 Å². The van der Waals surface area contributed by atoms with Crippen molar-refractivity contribution < 1.29 is 17.9 Å². The number of rotatable bonds is 9. The van der Waals surface area contributed by atoms with Crippen LogP contribution in [-0.2, 0) is 16.6 Å². The molecular weight excluding hydrogens is 446 g/mol. The molecule has 2 aromatic carbocycles. The third kappa shape index (κ3) is 4.95. The molecule has 32 heavy (non-hydrogen) atoms. The molecule has 0 atom stereocenters. The summed E-state index contributed by atoms with van der Waals surface area (Å²) in [6.07, 6.45) is 1.71. The molecule has 0 aliphatic rings. The number of aryl methyl sites for hydroxylation is 1. The van der Waals surface area contributed by atoms with E-state index in [0.717, 1.165) is 28.8 Å². The molecule has 1 amide bonds. The standard InChI is InChI=1S/C23H29N3O4S2/c1-5-8-16-25(4)32(28,29)18-14-12-17(13-15-18)22(27)24-23-26(6-2)21-19(30-7-3)10-9-11-20(21)31-23/h9-15H,5-8,16H2,1-4H3. The highest BCUT2D eigenvalue weighted by Crippen LogP contribution is 2.27. The number of hydrogen-bond donors (Lipinski definition) is 0. The monoisotopic (exact) mass is 475 g/mol. The van der Waals surface area contributed by atoms with Gasteiger partial charge in [0.05, 0.1) is 16.2 Å². The van der Waals surface area contributed by atoms with Crippen LogP contribution in [0, 0.1) is 0 Å². The van der Waals surface area contributed by atoms with E-state index in [1.807, 2.05) is 43.5 Å². The van der Waals surface area contributed by atoms with Crippen LogP contribution in [0.4, 0.5) is 0 Å². The lowest BCUT2D eigenvalue weighted by atomic mass is 10.2. The van der Waals surface area contributed by atoms with E-state index in [9.17, 15) is 13.2 Å². The highest BCUT2D eigenvalue weighted by Gasteiger charge is 2.20. The van der Waals surface area contributed by atoms with Gasteiger partial charge in [0.1, 0.15) is 11.3 Å². The van der Waals surface area contributed by atoms with Crippen molar-refractivity contribution in [1.29, 1.82) is 0 Å². The maximum atomic E-state index is 12.8. The summed E-state index contributed by atoms with van der Waals surface area (Å²) in [7, 11) is -2.01. The summed E-state index contributed by atoms with van der Waals surface area (Å²) in [6.45, 7) is 7.58. The summed E-state index contributed by atoms with van der Waals surface area (Å²) in [5.41, 5.74) is 1.26. The second kappa shape index (κ2) is 10.4. The molecule has 0 spiro atoms. The lowest BCUT2D eigenvalue weighted by Gasteiger charge is -2.16. The Balaban J connectivity index is 1.94. The first-order valence-electron chi connectivity index (χ1n) is 10.7. The topological polar surface area (TPSA) is 81.0 Å². The van der Waals surface area contributed by atoms with Gasteiger partial charge in [-0.3, -0.25) is 4.79 Å². The van der Waals surface area contributed by atoms with Crippen LogP contribution >= 0.6 is 11.3 Å². The SMILES string of the molecule is CCCCN(C)S(=O)(=O)c1ccc(C(=O)N=c2sc3cccc(OCC)c3n2CC)cc1. The number of carbonyl (C=O) groups excluding carboxylic acids is 1. The summed E-state index contributed by atoms with van der Waals surface area (Å²) >= 11 is 1.42. The zero-order valence-corrected chi connectivity index (χ0v) is 20.5. The Morgan fingerprint density at radius 1 is 1.12 bits per heavy atom. The number of unbranched alkanes of at least 4 members (excludes halogenated alkanes) is 1. The first-order valence-corrected chi connectivity index (χ1v) is 13.0. The molecule has 1 heterocycles. The van der Waals surface area contributed by atoms with Crippen molar-refractivity contribution in [2.75, 3.05) is 20.2 Å². The third-order valence-electron chi connectivity index (χ3n) is 5.11. The van der Waals surface area contributed by atoms with Crippen molar-refractivity contribution >= 4 is 37.5 Å². The number of nitrogens with zero attached hydrogens (tertiary/aromatic N) is 3. The third-order valence-corrected chi connectivity index (χ3v) is 8.03. The summed E-state index contributed by atoms with van der Waals surface area (Å²) in [5.74, 6) is 0.346. The van der Waals surface area contributed by atoms with Gasteiger partial charge in [-0.1, -0.05) is 30.7 Å². The molecule has 1 aromatic heterocycles. The van der Waals surface area contributed by atoms with E-state index < -0.39 is 15.9 Å². The summed E-state index contributed by atoms with van der Waals surface area (Å²) in [6, 6.07) is 11.8. The maximum absolute atomic E-state index is 12.8. The van der Waals surface area contributed by atoms with Gasteiger partial charge in [0.2, 0.25) is 10.0 Å². The molecular formula is C23H29N3O4S2. The molecule has 0 aliphatic heterocycles. The molecule has 0 aliphatic carbocycles. The zero-order valence-electron chi connectivity index (χ0n) is 18.9. The minimum absolute atomic E-state index is 0.166. The Morgan fingerprint density at radius 2 is 1.84 bits per heavy atom. The Kier molecular flexibility index (Phi) is 7.86. The molecule has 0 bridgehead atoms. The van der Waals surface area contributed by atoms with Gasteiger partial charge >= 0.3 is 0 Å². The number of ether oxygens (including phenoxy) is 1. The Hall–Kier alpha value is -2.49. The lowest BCUT2D eigenvalue weighted by Crippen LogP contribution is -2.27. The fourth-order valence-electron chi connectivity index (χ4n) is 3.35. The van der Waals surface area contributed by atoms with Crippen LogP contribution in [0.2, 0.25) is 0 Å². The lowest BCUT2D eigenvalue weighted by molar-refractivity contribution is 0.0997. The van der Waals surface area contributed by atoms with Crippen LogP contribution in [0.5, 0.6) is 5.75 Å². The van der Waals surface area contributed by atoms with E-state index in [0.29, 0.717) is 30.1 Å². The van der Waals surface area contributed by atoms with Crippen LogP contribution in [0.1, 0.15) is 44.0 Å². The average molecular weight is 476 g/mol. The summed E-state index contributed by atoms with van der Waals surface area (Å²) in [4.78, 5) is 17.9. The number of sulfonamides is 1. The highest BCUT2D eigenvalue weighted by molar-refractivity contribution is 7.89. The smallest absolute Gasteiger partial charge is 0.279 e. The first-order chi connectivity index (χ1) is 15.3. The second-order valence-electron chi connectivity index (χ2n) is 7.29. The highest BCUT2D eigenvalue weighted by atomic mass is 32.2. The van der Waals surface area contributed by atoms with E-state index in [-0.39, 0.29) is 4.90 Å². The number of amides is 1. The average Bonchev–Trinajstić information content (AvgIpc) is 3.15. The van der Waals surface area contributed by atoms with Gasteiger partial charge in [0.25, 0.3) is 5.91 Å². The van der Waals surface area contributed by atoms with Gasteiger partial charge in [0.15, 0.2) is 4.80 Å². The minimum Gasteiger partial charge on any atom is -0.492 e. The van der Waals surface area contributed by atoms with Gasteiger partial charge < -0.3 is 9.30 Å². The van der Waals surface area contributed by atoms with E-state index >= 15 is 0 Å². The summed E-state index contributed by atoms with van der Waals surface area (Å²) < 4.78 is 35.4. The van der Waals surface area contributed by atoms with Gasteiger partial charge in [-0.25, -0.2) is 12.7 Å². The van der Waals surface area contributed by atoms with E-state index in [2.05, 4.69) is 4.99 Å². The fraction of sp³-hybridized carbons (Fsp3) is 0.391. The van der Waals surface area contributed by atoms with Crippen LogP contribution in [-0.4, -0.2) is 43.4 Å². The Morgan fingerprint density at radius 3 is 2.47 bits per heavy atom. The molecule has 0 saturated carbocycles. The number of thiazole rings is 1. The van der Waals surface area contributed by atoms with Gasteiger partial charge in [-0.05, 0) is 56.7 Å². The van der Waals surface area contributed by atoms with Crippen molar-refractivity contribution in [1.82, 2.24) is 8.87 Å². The largest absolute Gasteiger partial charge is 0.492 e. The Bertz CT molecular complexity index is 1260. The molecule has 0 N–H and O–H groups in total. The van der Waals surface area contributed by atoms with E-state index in [1.165, 1.54) is 39.9 Å². The quantitative estimate of drug-likeness (QED) is 0.463. The molecule has 0 saturated heterocycles. The second-order valence-corrected chi connectivity index (χ2v) is 10.3. The number of para-hydroxylation sites is 1. The number of carbonyl (C=O) groups is 1. The van der Waals surface area contributed by atoms with Gasteiger partial charge in [-0.2, -0.15) is 4.99 Å². The number of benzene rings is 2. The van der Waals surface area contributed by atoms with Crippen molar-refractivity contribution in [3.05, 3.63) is 52.8 Å². The van der Waals surface area contributed by atoms with Crippen molar-refractivity contribution in [3.8, 4) is 5.75 Å². The molecule has 3 aromatic rings. The molecule has 0 radical (unpaired) electrons.